The maximum atomic E-state index is 10.6. The predicted octanol–water partition coefficient (Wildman–Crippen LogP) is -0.615. The van der Waals surface area contributed by atoms with Gasteiger partial charge in [0.2, 0.25) is 0 Å². The van der Waals surface area contributed by atoms with Crippen LogP contribution in [0.2, 0.25) is 0 Å². The summed E-state index contributed by atoms with van der Waals surface area (Å²) < 4.78 is 23.4. The molecule has 0 fully saturated rings. The molecule has 0 atom stereocenters. The number of hydrogen-bond donors (Lipinski definition) is 3. The number of nitrogens with two attached hydrogens (primary N) is 1. The van der Waals surface area contributed by atoms with Crippen molar-refractivity contribution < 1.29 is 13.5 Å². The van der Waals surface area contributed by atoms with Gasteiger partial charge in [-0.3, -0.25) is 0 Å². The first kappa shape index (κ1) is 12.2. The van der Waals surface area contributed by atoms with Crippen molar-refractivity contribution in [2.45, 2.75) is 6.54 Å². The van der Waals surface area contributed by atoms with Crippen LogP contribution in [0.15, 0.2) is 11.4 Å². The van der Waals surface area contributed by atoms with Gasteiger partial charge in [0, 0.05) is 22.4 Å². The first-order chi connectivity index (χ1) is 7.01. The molecule has 7 heteroatoms. The molecule has 0 unspecified atom stereocenters. The fraction of sp³-hybridized carbons (Fsp3) is 0.250. The summed E-state index contributed by atoms with van der Waals surface area (Å²) in [6.07, 6.45) is 0. The van der Waals surface area contributed by atoms with Crippen LogP contribution < -0.4 is 9.86 Å². The van der Waals surface area contributed by atoms with Crippen LogP contribution in [-0.2, 0) is 16.8 Å². The van der Waals surface area contributed by atoms with Gasteiger partial charge in [0.05, 0.1) is 0 Å². The molecule has 0 radical (unpaired) electrons. The molecule has 1 aromatic rings. The van der Waals surface area contributed by atoms with Gasteiger partial charge in [0.15, 0.2) is 0 Å². The van der Waals surface area contributed by atoms with Gasteiger partial charge in [-0.1, -0.05) is 11.8 Å². The van der Waals surface area contributed by atoms with Crippen LogP contribution in [0, 0.1) is 11.8 Å². The highest BCUT2D eigenvalue weighted by atomic mass is 32.2. The van der Waals surface area contributed by atoms with E-state index in [0.29, 0.717) is 0 Å². The Morgan fingerprint density at radius 3 is 2.93 bits per heavy atom. The van der Waals surface area contributed by atoms with Crippen molar-refractivity contribution in [3.05, 3.63) is 21.9 Å². The van der Waals surface area contributed by atoms with Crippen molar-refractivity contribution in [3.8, 4) is 11.8 Å². The minimum absolute atomic E-state index is 0.157. The Bertz CT molecular complexity index is 481. The Labute approximate surface area is 92.1 Å². The third-order valence-electron chi connectivity index (χ3n) is 1.41. The monoisotopic (exact) mass is 246 g/mol. The molecule has 4 N–H and O–H groups in total. The third-order valence-corrected chi connectivity index (χ3v) is 2.90. The Balaban J connectivity index is 2.61. The van der Waals surface area contributed by atoms with Crippen LogP contribution in [0.4, 0.5) is 0 Å². The number of aliphatic hydroxyl groups excluding tert-OH is 1. The van der Waals surface area contributed by atoms with Crippen molar-refractivity contribution in [2.75, 3.05) is 6.61 Å². The minimum atomic E-state index is -3.65. The van der Waals surface area contributed by atoms with Crippen LogP contribution in [0.3, 0.4) is 0 Å². The van der Waals surface area contributed by atoms with E-state index in [9.17, 15) is 8.42 Å². The van der Waals surface area contributed by atoms with E-state index in [4.69, 9.17) is 10.2 Å². The van der Waals surface area contributed by atoms with Gasteiger partial charge in [-0.2, -0.15) is 13.1 Å². The van der Waals surface area contributed by atoms with E-state index in [1.54, 1.807) is 11.4 Å². The lowest BCUT2D eigenvalue weighted by Crippen LogP contribution is -2.29. The first-order valence-electron chi connectivity index (χ1n) is 3.96. The average Bonchev–Trinajstić information content (AvgIpc) is 2.58. The van der Waals surface area contributed by atoms with Gasteiger partial charge in [0.1, 0.15) is 6.61 Å². The lowest BCUT2D eigenvalue weighted by Gasteiger charge is -1.97. The summed E-state index contributed by atoms with van der Waals surface area (Å²) in [5.74, 6) is 5.21. The maximum Gasteiger partial charge on any atom is 0.274 e. The molecule has 0 spiro atoms. The summed E-state index contributed by atoms with van der Waals surface area (Å²) in [5, 5.41) is 15.0. The number of aliphatic hydroxyl groups is 1. The lowest BCUT2D eigenvalue weighted by molar-refractivity contribution is 0.350. The number of thiophene rings is 1. The minimum Gasteiger partial charge on any atom is -0.384 e. The van der Waals surface area contributed by atoms with Crippen LogP contribution >= 0.6 is 11.3 Å². The fourth-order valence-electron chi connectivity index (χ4n) is 0.852. The van der Waals surface area contributed by atoms with E-state index >= 15 is 0 Å². The number of nitrogens with one attached hydrogen (secondary N) is 1. The lowest BCUT2D eigenvalue weighted by atomic mass is 10.3. The van der Waals surface area contributed by atoms with E-state index in [1.807, 2.05) is 0 Å². The Morgan fingerprint density at radius 2 is 2.33 bits per heavy atom. The second kappa shape index (κ2) is 5.25. The molecule has 0 amide bonds. The van der Waals surface area contributed by atoms with Crippen LogP contribution in [0.5, 0.6) is 0 Å². The highest BCUT2D eigenvalue weighted by Crippen LogP contribution is 2.13. The molecular weight excluding hydrogens is 236 g/mol. The molecule has 1 heterocycles. The van der Waals surface area contributed by atoms with Crippen molar-refractivity contribution in [2.24, 2.45) is 5.14 Å². The normalized spacial score (nSPS) is 10.8. The Kier molecular flexibility index (Phi) is 4.26. The van der Waals surface area contributed by atoms with Crippen molar-refractivity contribution >= 4 is 21.5 Å². The Hall–Kier alpha value is -0.910. The largest absolute Gasteiger partial charge is 0.384 e. The van der Waals surface area contributed by atoms with E-state index in [-0.39, 0.29) is 13.2 Å². The standard InChI is InChI=1S/C8H10N2O3S2/c9-15(12,13)10-5-8-4-7(6-14-8)2-1-3-11/h4,6,10-11H,3,5H2,(H2,9,12,13). The van der Waals surface area contributed by atoms with E-state index < -0.39 is 10.2 Å². The number of rotatable bonds is 3. The number of hydrogen-bond acceptors (Lipinski definition) is 4. The van der Waals surface area contributed by atoms with Gasteiger partial charge >= 0.3 is 0 Å². The summed E-state index contributed by atoms with van der Waals surface area (Å²) in [4.78, 5) is 0.811. The van der Waals surface area contributed by atoms with E-state index in [2.05, 4.69) is 16.6 Å². The average molecular weight is 246 g/mol. The molecule has 0 aliphatic rings. The summed E-state index contributed by atoms with van der Waals surface area (Å²) >= 11 is 1.37. The van der Waals surface area contributed by atoms with Crippen LogP contribution in [-0.4, -0.2) is 20.1 Å². The van der Waals surface area contributed by atoms with Crippen molar-refractivity contribution in [1.29, 1.82) is 0 Å². The highest BCUT2D eigenvalue weighted by molar-refractivity contribution is 7.87. The quantitative estimate of drug-likeness (QED) is 0.621. The smallest absolute Gasteiger partial charge is 0.274 e. The zero-order valence-corrected chi connectivity index (χ0v) is 9.36. The molecule has 0 aliphatic heterocycles. The van der Waals surface area contributed by atoms with Gasteiger partial charge in [-0.05, 0) is 6.07 Å². The molecular formula is C8H10N2O3S2. The Morgan fingerprint density at radius 1 is 1.60 bits per heavy atom. The third kappa shape index (κ3) is 4.92. The van der Waals surface area contributed by atoms with E-state index in [0.717, 1.165) is 10.4 Å². The zero-order chi connectivity index (χ0) is 11.3. The molecule has 0 aliphatic carbocycles. The second-order valence-electron chi connectivity index (χ2n) is 2.63. The summed E-state index contributed by atoms with van der Waals surface area (Å²) in [7, 11) is -3.65. The van der Waals surface area contributed by atoms with Gasteiger partial charge in [0.25, 0.3) is 10.2 Å². The van der Waals surface area contributed by atoms with Gasteiger partial charge in [-0.15, -0.1) is 11.3 Å². The predicted molar refractivity (Wildman–Crippen MR) is 58.2 cm³/mol. The van der Waals surface area contributed by atoms with Gasteiger partial charge < -0.3 is 5.11 Å². The first-order valence-corrected chi connectivity index (χ1v) is 6.38. The summed E-state index contributed by atoms with van der Waals surface area (Å²) in [6, 6.07) is 1.74. The molecule has 5 nitrogen and oxygen atoms in total. The molecule has 0 bridgehead atoms. The molecule has 1 aromatic heterocycles. The van der Waals surface area contributed by atoms with Crippen molar-refractivity contribution in [3.63, 3.8) is 0 Å². The zero-order valence-electron chi connectivity index (χ0n) is 7.73. The SMILES string of the molecule is NS(=O)(=O)NCc1cc(C#CCO)cs1. The molecule has 82 valence electrons. The summed E-state index contributed by atoms with van der Waals surface area (Å²) in [5.41, 5.74) is 0.750. The summed E-state index contributed by atoms with van der Waals surface area (Å²) in [6.45, 7) is -0.0368. The molecule has 1 rings (SSSR count). The molecule has 15 heavy (non-hydrogen) atoms. The van der Waals surface area contributed by atoms with Crippen molar-refractivity contribution in [1.82, 2.24) is 4.72 Å². The fourth-order valence-corrected chi connectivity index (χ4v) is 2.06. The van der Waals surface area contributed by atoms with Crippen LogP contribution in [0.25, 0.3) is 0 Å². The van der Waals surface area contributed by atoms with Gasteiger partial charge in [-0.25, -0.2) is 5.14 Å². The van der Waals surface area contributed by atoms with Crippen LogP contribution in [0.1, 0.15) is 10.4 Å². The van der Waals surface area contributed by atoms with E-state index in [1.165, 1.54) is 11.3 Å². The molecule has 0 saturated heterocycles. The topological polar surface area (TPSA) is 92.4 Å². The second-order valence-corrected chi connectivity index (χ2v) is 5.00. The molecule has 0 saturated carbocycles. The molecule has 0 aromatic carbocycles. The maximum absolute atomic E-state index is 10.6. The highest BCUT2D eigenvalue weighted by Gasteiger charge is 2.03.